The number of nitrogens with zero attached hydrogens (tertiary/aromatic N) is 2. The molecule has 0 saturated heterocycles. The van der Waals surface area contributed by atoms with Crippen LogP contribution in [-0.4, -0.2) is 30.1 Å². The Morgan fingerprint density at radius 1 is 1.39 bits per heavy atom. The number of phenolic OH excluding ortho intramolecular Hbond substituents is 1. The molecule has 8 heteroatoms. The monoisotopic (exact) mass is 469 g/mol. The van der Waals surface area contributed by atoms with Gasteiger partial charge in [-0.05, 0) is 29.8 Å². The molecule has 1 heterocycles. The smallest absolute Gasteiger partial charge is 0.193 e. The molecule has 0 aliphatic heterocycles. The summed E-state index contributed by atoms with van der Waals surface area (Å²) in [6.45, 7) is 1.10. The summed E-state index contributed by atoms with van der Waals surface area (Å²) < 4.78 is 14.1. The van der Waals surface area contributed by atoms with Gasteiger partial charge in [-0.15, -0.1) is 35.3 Å². The minimum absolute atomic E-state index is 0. The summed E-state index contributed by atoms with van der Waals surface area (Å²) in [7, 11) is 3.61. The van der Waals surface area contributed by atoms with Crippen molar-refractivity contribution in [3.63, 3.8) is 0 Å². The van der Waals surface area contributed by atoms with Crippen LogP contribution in [0.4, 0.5) is 4.39 Å². The average Bonchev–Trinajstić information content (AvgIpc) is 2.88. The van der Waals surface area contributed by atoms with Crippen molar-refractivity contribution in [1.82, 2.24) is 10.2 Å². The van der Waals surface area contributed by atoms with Crippen LogP contribution >= 0.6 is 46.9 Å². The number of hydrogen-bond donors (Lipinski definition) is 2. The standard InChI is InChI=1S/C15H17ClFN3OS.HI/c1-18-15(20(2)9-11-4-6-14(16)22-11)19-8-10-3-5-13(21)12(17)7-10;/h3-7,21H,8-9H2,1-2H3,(H,18,19);1H. The lowest BCUT2D eigenvalue weighted by atomic mass is 10.2. The molecule has 0 fully saturated rings. The Hall–Kier alpha value is -1.06. The van der Waals surface area contributed by atoms with E-state index in [1.54, 1.807) is 13.1 Å². The Bertz CT molecular complexity index is 680. The Morgan fingerprint density at radius 2 is 2.13 bits per heavy atom. The van der Waals surface area contributed by atoms with Crippen molar-refractivity contribution in [2.75, 3.05) is 14.1 Å². The predicted octanol–water partition coefficient (Wildman–Crippen LogP) is 4.07. The SMILES string of the molecule is CN=C(NCc1ccc(O)c(F)c1)N(C)Cc1ccc(Cl)s1.I. The van der Waals surface area contributed by atoms with Crippen LogP contribution in [0.25, 0.3) is 0 Å². The maximum Gasteiger partial charge on any atom is 0.193 e. The molecule has 4 nitrogen and oxygen atoms in total. The second-order valence-corrected chi connectivity index (χ2v) is 6.55. The van der Waals surface area contributed by atoms with Gasteiger partial charge in [0.1, 0.15) is 0 Å². The topological polar surface area (TPSA) is 47.9 Å². The number of thiophene rings is 1. The van der Waals surface area contributed by atoms with Crippen LogP contribution in [0.5, 0.6) is 5.75 Å². The Morgan fingerprint density at radius 3 is 2.70 bits per heavy atom. The highest BCUT2D eigenvalue weighted by Crippen LogP contribution is 2.22. The van der Waals surface area contributed by atoms with Crippen LogP contribution in [0.2, 0.25) is 4.34 Å². The molecular formula is C15H18ClFIN3OS. The fourth-order valence-corrected chi connectivity index (χ4v) is 3.11. The zero-order valence-electron chi connectivity index (χ0n) is 12.7. The molecule has 2 rings (SSSR count). The van der Waals surface area contributed by atoms with Crippen molar-refractivity contribution in [2.24, 2.45) is 4.99 Å². The zero-order chi connectivity index (χ0) is 16.1. The summed E-state index contributed by atoms with van der Waals surface area (Å²) >= 11 is 7.45. The molecule has 0 radical (unpaired) electrons. The molecule has 126 valence electrons. The highest BCUT2D eigenvalue weighted by atomic mass is 127. The Kier molecular flexibility index (Phi) is 8.07. The largest absolute Gasteiger partial charge is 0.505 e. The van der Waals surface area contributed by atoms with E-state index in [-0.39, 0.29) is 29.7 Å². The third kappa shape index (κ3) is 5.82. The molecule has 0 bridgehead atoms. The molecule has 0 saturated carbocycles. The fraction of sp³-hybridized carbons (Fsp3) is 0.267. The summed E-state index contributed by atoms with van der Waals surface area (Å²) in [5.74, 6) is -0.284. The van der Waals surface area contributed by atoms with Gasteiger partial charge in [0.2, 0.25) is 0 Å². The van der Waals surface area contributed by atoms with Gasteiger partial charge < -0.3 is 15.3 Å². The van der Waals surface area contributed by atoms with Crippen LogP contribution in [0.1, 0.15) is 10.4 Å². The van der Waals surface area contributed by atoms with Gasteiger partial charge in [-0.25, -0.2) is 4.39 Å². The number of phenols is 1. The molecule has 23 heavy (non-hydrogen) atoms. The molecule has 0 spiro atoms. The number of aromatic hydroxyl groups is 1. The normalized spacial score (nSPS) is 11.0. The maximum atomic E-state index is 13.3. The van der Waals surface area contributed by atoms with E-state index in [1.807, 2.05) is 24.1 Å². The highest BCUT2D eigenvalue weighted by molar-refractivity contribution is 14.0. The predicted molar refractivity (Wildman–Crippen MR) is 104 cm³/mol. The van der Waals surface area contributed by atoms with Gasteiger partial charge in [0.05, 0.1) is 10.9 Å². The summed E-state index contributed by atoms with van der Waals surface area (Å²) in [6.07, 6.45) is 0. The zero-order valence-corrected chi connectivity index (χ0v) is 16.6. The number of aliphatic imine (C=N–C) groups is 1. The quantitative estimate of drug-likeness (QED) is 0.403. The van der Waals surface area contributed by atoms with Crippen LogP contribution < -0.4 is 5.32 Å². The number of hydrogen-bond acceptors (Lipinski definition) is 3. The molecular weight excluding hydrogens is 452 g/mol. The van der Waals surface area contributed by atoms with Crippen molar-refractivity contribution >= 4 is 52.9 Å². The lowest BCUT2D eigenvalue weighted by molar-refractivity contribution is 0.431. The third-order valence-electron chi connectivity index (χ3n) is 3.06. The van der Waals surface area contributed by atoms with E-state index in [2.05, 4.69) is 10.3 Å². The number of guanidine groups is 1. The van der Waals surface area contributed by atoms with E-state index in [1.165, 1.54) is 23.5 Å². The molecule has 0 aliphatic carbocycles. The van der Waals surface area contributed by atoms with Gasteiger partial charge in [-0.1, -0.05) is 17.7 Å². The molecule has 2 aromatic rings. The van der Waals surface area contributed by atoms with E-state index >= 15 is 0 Å². The molecule has 1 aromatic carbocycles. The maximum absolute atomic E-state index is 13.3. The summed E-state index contributed by atoms with van der Waals surface area (Å²) in [4.78, 5) is 7.29. The van der Waals surface area contributed by atoms with Crippen LogP contribution in [0.15, 0.2) is 35.3 Å². The van der Waals surface area contributed by atoms with E-state index in [9.17, 15) is 9.50 Å². The molecule has 0 unspecified atom stereocenters. The first-order valence-electron chi connectivity index (χ1n) is 6.63. The molecule has 2 N–H and O–H groups in total. The van der Waals surface area contributed by atoms with E-state index in [0.717, 1.165) is 14.8 Å². The molecule has 0 amide bonds. The van der Waals surface area contributed by atoms with E-state index < -0.39 is 5.82 Å². The van der Waals surface area contributed by atoms with Gasteiger partial charge in [-0.3, -0.25) is 4.99 Å². The Labute approximate surface area is 161 Å². The third-order valence-corrected chi connectivity index (χ3v) is 4.27. The van der Waals surface area contributed by atoms with Gasteiger partial charge in [-0.2, -0.15) is 0 Å². The number of benzene rings is 1. The van der Waals surface area contributed by atoms with Gasteiger partial charge >= 0.3 is 0 Å². The van der Waals surface area contributed by atoms with Crippen molar-refractivity contribution < 1.29 is 9.50 Å². The van der Waals surface area contributed by atoms with Gasteiger partial charge in [0, 0.05) is 25.5 Å². The molecule has 0 aliphatic rings. The summed E-state index contributed by atoms with van der Waals surface area (Å²) in [5.41, 5.74) is 0.726. The molecule has 0 atom stereocenters. The first-order chi connectivity index (χ1) is 10.5. The summed E-state index contributed by atoms with van der Waals surface area (Å²) in [5, 5.41) is 12.3. The summed E-state index contributed by atoms with van der Waals surface area (Å²) in [6, 6.07) is 8.15. The first kappa shape index (κ1) is 20.0. The van der Waals surface area contributed by atoms with Crippen molar-refractivity contribution in [3.8, 4) is 5.75 Å². The van der Waals surface area contributed by atoms with Gasteiger partial charge in [0.25, 0.3) is 0 Å². The minimum Gasteiger partial charge on any atom is -0.505 e. The number of halogens is 3. The van der Waals surface area contributed by atoms with Crippen LogP contribution in [0.3, 0.4) is 0 Å². The van der Waals surface area contributed by atoms with Crippen molar-refractivity contribution in [1.29, 1.82) is 0 Å². The second-order valence-electron chi connectivity index (χ2n) is 4.75. The van der Waals surface area contributed by atoms with Crippen molar-refractivity contribution in [2.45, 2.75) is 13.1 Å². The lowest BCUT2D eigenvalue weighted by Gasteiger charge is -2.21. The van der Waals surface area contributed by atoms with Crippen molar-refractivity contribution in [3.05, 3.63) is 50.9 Å². The lowest BCUT2D eigenvalue weighted by Crippen LogP contribution is -2.37. The van der Waals surface area contributed by atoms with Gasteiger partial charge in [0.15, 0.2) is 17.5 Å². The average molecular weight is 470 g/mol. The number of rotatable bonds is 4. The highest BCUT2D eigenvalue weighted by Gasteiger charge is 2.09. The fourth-order valence-electron chi connectivity index (χ4n) is 1.97. The second kappa shape index (κ2) is 9.29. The van der Waals surface area contributed by atoms with E-state index in [4.69, 9.17) is 11.6 Å². The number of nitrogens with one attached hydrogen (secondary N) is 1. The minimum atomic E-state index is -0.629. The van der Waals surface area contributed by atoms with Crippen LogP contribution in [0, 0.1) is 5.82 Å². The Balaban J connectivity index is 0.00000264. The molecule has 1 aromatic heterocycles. The van der Waals surface area contributed by atoms with E-state index in [0.29, 0.717) is 19.0 Å². The first-order valence-corrected chi connectivity index (χ1v) is 7.82. The van der Waals surface area contributed by atoms with Crippen LogP contribution in [-0.2, 0) is 13.1 Å².